The second kappa shape index (κ2) is 3.36. The number of hydrogen-bond acceptors (Lipinski definition) is 2. The molecule has 0 radical (unpaired) electrons. The summed E-state index contributed by atoms with van der Waals surface area (Å²) in [5.74, 6) is -0.616. The molecule has 0 aliphatic rings. The summed E-state index contributed by atoms with van der Waals surface area (Å²) in [5, 5.41) is 8.89. The lowest BCUT2D eigenvalue weighted by molar-refractivity contribution is 0.467. The van der Waals surface area contributed by atoms with E-state index in [2.05, 4.69) is 6.58 Å². The second-order valence-electron chi connectivity index (χ2n) is 2.47. The molecule has 0 fully saturated rings. The van der Waals surface area contributed by atoms with Gasteiger partial charge < -0.3 is 10.8 Å². The maximum Gasteiger partial charge on any atom is 0.131 e. The van der Waals surface area contributed by atoms with Crippen molar-refractivity contribution in [1.82, 2.24) is 0 Å². The molecular formula is C9H10FNO. The largest absolute Gasteiger partial charge is 0.508 e. The van der Waals surface area contributed by atoms with Crippen LogP contribution in [0.3, 0.4) is 0 Å². The Hall–Kier alpha value is -1.35. The van der Waals surface area contributed by atoms with Gasteiger partial charge >= 0.3 is 0 Å². The van der Waals surface area contributed by atoms with Crippen LogP contribution in [0.1, 0.15) is 11.6 Å². The molecular weight excluding hydrogens is 157 g/mol. The second-order valence-corrected chi connectivity index (χ2v) is 2.47. The Kier molecular flexibility index (Phi) is 2.45. The number of phenolic OH excluding ortho intramolecular Hbond substituents is 1. The highest BCUT2D eigenvalue weighted by molar-refractivity contribution is 5.31. The molecule has 0 saturated carbocycles. The number of aromatic hydroxyl groups is 1. The van der Waals surface area contributed by atoms with E-state index in [0.717, 1.165) is 6.07 Å². The number of rotatable bonds is 2. The summed E-state index contributed by atoms with van der Waals surface area (Å²) in [6, 6.07) is 3.34. The monoisotopic (exact) mass is 167 g/mol. The molecule has 0 spiro atoms. The van der Waals surface area contributed by atoms with Crippen LogP contribution in [-0.4, -0.2) is 5.11 Å². The lowest BCUT2D eigenvalue weighted by Gasteiger charge is -2.07. The maximum atomic E-state index is 13.0. The van der Waals surface area contributed by atoms with E-state index in [9.17, 15) is 4.39 Å². The molecule has 12 heavy (non-hydrogen) atoms. The molecule has 0 aliphatic carbocycles. The van der Waals surface area contributed by atoms with E-state index >= 15 is 0 Å². The van der Waals surface area contributed by atoms with Crippen LogP contribution in [0.15, 0.2) is 30.9 Å². The van der Waals surface area contributed by atoms with Crippen molar-refractivity contribution in [2.45, 2.75) is 6.04 Å². The van der Waals surface area contributed by atoms with E-state index in [0.29, 0.717) is 5.56 Å². The molecule has 3 N–H and O–H groups in total. The summed E-state index contributed by atoms with van der Waals surface area (Å²) < 4.78 is 13.0. The first-order valence-corrected chi connectivity index (χ1v) is 3.51. The third-order valence-corrected chi connectivity index (χ3v) is 1.60. The van der Waals surface area contributed by atoms with Gasteiger partial charge in [-0.1, -0.05) is 12.1 Å². The van der Waals surface area contributed by atoms with Crippen LogP contribution in [0.5, 0.6) is 5.75 Å². The van der Waals surface area contributed by atoms with E-state index < -0.39 is 11.9 Å². The third-order valence-electron chi connectivity index (χ3n) is 1.60. The summed E-state index contributed by atoms with van der Waals surface area (Å²) in [6.45, 7) is 3.45. The van der Waals surface area contributed by atoms with Crippen molar-refractivity contribution in [2.75, 3.05) is 0 Å². The zero-order valence-electron chi connectivity index (χ0n) is 6.50. The maximum absolute atomic E-state index is 13.0. The minimum atomic E-state index is -0.523. The van der Waals surface area contributed by atoms with Crippen molar-refractivity contribution < 1.29 is 9.50 Å². The number of phenols is 1. The summed E-state index contributed by atoms with van der Waals surface area (Å²) in [5.41, 5.74) is 5.84. The van der Waals surface area contributed by atoms with Gasteiger partial charge in [0.05, 0.1) is 6.04 Å². The number of hydrogen-bond donors (Lipinski definition) is 2. The van der Waals surface area contributed by atoms with Gasteiger partial charge in [-0.25, -0.2) is 4.39 Å². The first-order valence-electron chi connectivity index (χ1n) is 3.51. The first kappa shape index (κ1) is 8.74. The van der Waals surface area contributed by atoms with Gasteiger partial charge in [0, 0.05) is 11.6 Å². The van der Waals surface area contributed by atoms with Gasteiger partial charge in [0.1, 0.15) is 11.6 Å². The van der Waals surface area contributed by atoms with Crippen LogP contribution in [0.2, 0.25) is 0 Å². The van der Waals surface area contributed by atoms with Crippen LogP contribution in [0.25, 0.3) is 0 Å². The SMILES string of the molecule is C=C[C@H](N)c1ccc(O)cc1F. The van der Waals surface area contributed by atoms with E-state index in [4.69, 9.17) is 10.8 Å². The average Bonchev–Trinajstić information content (AvgIpc) is 2.03. The molecule has 0 aromatic heterocycles. The smallest absolute Gasteiger partial charge is 0.131 e. The molecule has 1 aromatic rings. The molecule has 0 bridgehead atoms. The lowest BCUT2D eigenvalue weighted by Crippen LogP contribution is -2.08. The molecule has 0 aliphatic heterocycles. The fourth-order valence-electron chi connectivity index (χ4n) is 0.913. The highest BCUT2D eigenvalue weighted by Crippen LogP contribution is 2.19. The first-order chi connectivity index (χ1) is 5.65. The van der Waals surface area contributed by atoms with Crippen molar-refractivity contribution in [1.29, 1.82) is 0 Å². The number of halogens is 1. The van der Waals surface area contributed by atoms with Crippen molar-refractivity contribution >= 4 is 0 Å². The van der Waals surface area contributed by atoms with Crippen LogP contribution in [-0.2, 0) is 0 Å². The Bertz CT molecular complexity index is 299. The van der Waals surface area contributed by atoms with Crippen LogP contribution >= 0.6 is 0 Å². The molecule has 0 amide bonds. The molecule has 64 valence electrons. The summed E-state index contributed by atoms with van der Waals surface area (Å²) >= 11 is 0. The predicted molar refractivity (Wildman–Crippen MR) is 45.2 cm³/mol. The molecule has 0 heterocycles. The predicted octanol–water partition coefficient (Wildman–Crippen LogP) is 1.72. The Morgan fingerprint density at radius 3 is 2.75 bits per heavy atom. The third kappa shape index (κ3) is 1.62. The van der Waals surface area contributed by atoms with Crippen LogP contribution < -0.4 is 5.73 Å². The molecule has 3 heteroatoms. The van der Waals surface area contributed by atoms with Gasteiger partial charge in [-0.15, -0.1) is 6.58 Å². The molecule has 2 nitrogen and oxygen atoms in total. The van der Waals surface area contributed by atoms with Gasteiger partial charge in [0.2, 0.25) is 0 Å². The fraction of sp³-hybridized carbons (Fsp3) is 0.111. The van der Waals surface area contributed by atoms with Gasteiger partial charge in [0.25, 0.3) is 0 Å². The summed E-state index contributed by atoms with van der Waals surface area (Å²) in [6.07, 6.45) is 1.44. The Labute approximate surface area is 70.1 Å². The van der Waals surface area contributed by atoms with Crippen LogP contribution in [0, 0.1) is 5.82 Å². The molecule has 0 unspecified atom stereocenters. The van der Waals surface area contributed by atoms with Crippen molar-refractivity contribution in [3.63, 3.8) is 0 Å². The minimum absolute atomic E-state index is 0.104. The topological polar surface area (TPSA) is 46.2 Å². The number of benzene rings is 1. The lowest BCUT2D eigenvalue weighted by atomic mass is 10.1. The average molecular weight is 167 g/mol. The molecule has 1 rings (SSSR count). The van der Waals surface area contributed by atoms with Gasteiger partial charge in [-0.3, -0.25) is 0 Å². The zero-order valence-corrected chi connectivity index (χ0v) is 6.50. The van der Waals surface area contributed by atoms with Gasteiger partial charge in [-0.2, -0.15) is 0 Å². The van der Waals surface area contributed by atoms with E-state index in [1.807, 2.05) is 0 Å². The van der Waals surface area contributed by atoms with Crippen molar-refractivity contribution in [2.24, 2.45) is 5.73 Å². The quantitative estimate of drug-likeness (QED) is 0.659. The standard InChI is InChI=1S/C9H10FNO/c1-2-9(11)7-4-3-6(12)5-8(7)10/h2-5,9,12H,1,11H2/t9-/m0/s1. The normalized spacial score (nSPS) is 12.5. The minimum Gasteiger partial charge on any atom is -0.508 e. The molecule has 0 saturated heterocycles. The van der Waals surface area contributed by atoms with E-state index in [1.165, 1.54) is 18.2 Å². The molecule has 1 aromatic carbocycles. The van der Waals surface area contributed by atoms with Crippen molar-refractivity contribution in [3.8, 4) is 5.75 Å². The van der Waals surface area contributed by atoms with Crippen molar-refractivity contribution in [3.05, 3.63) is 42.2 Å². The highest BCUT2D eigenvalue weighted by Gasteiger charge is 2.07. The Morgan fingerprint density at radius 2 is 2.25 bits per heavy atom. The van der Waals surface area contributed by atoms with E-state index in [1.54, 1.807) is 0 Å². The van der Waals surface area contributed by atoms with Gasteiger partial charge in [-0.05, 0) is 6.07 Å². The summed E-state index contributed by atoms with van der Waals surface area (Å²) in [4.78, 5) is 0. The zero-order chi connectivity index (χ0) is 9.14. The summed E-state index contributed by atoms with van der Waals surface area (Å²) in [7, 11) is 0. The number of nitrogens with two attached hydrogens (primary N) is 1. The van der Waals surface area contributed by atoms with Crippen LogP contribution in [0.4, 0.5) is 4.39 Å². The Morgan fingerprint density at radius 1 is 1.58 bits per heavy atom. The van der Waals surface area contributed by atoms with E-state index in [-0.39, 0.29) is 5.75 Å². The van der Waals surface area contributed by atoms with Gasteiger partial charge in [0.15, 0.2) is 0 Å². The molecule has 1 atom stereocenters. The highest BCUT2D eigenvalue weighted by atomic mass is 19.1. The Balaban J connectivity index is 3.09. The fourth-order valence-corrected chi connectivity index (χ4v) is 0.913.